The van der Waals surface area contributed by atoms with Crippen LogP contribution in [-0.2, 0) is 9.59 Å². The van der Waals surface area contributed by atoms with E-state index in [-0.39, 0.29) is 24.3 Å². The molecular formula is C12H18N2O4. The number of fused-ring (bicyclic) bond motifs is 1. The number of rotatable bonds is 3. The van der Waals surface area contributed by atoms with Crippen molar-refractivity contribution in [1.29, 1.82) is 0 Å². The fourth-order valence-electron chi connectivity index (χ4n) is 2.87. The van der Waals surface area contributed by atoms with Gasteiger partial charge in [-0.2, -0.15) is 0 Å². The average Bonchev–Trinajstić information content (AvgIpc) is 2.34. The number of urea groups is 1. The summed E-state index contributed by atoms with van der Waals surface area (Å²) in [7, 11) is 0. The van der Waals surface area contributed by atoms with Gasteiger partial charge in [0.1, 0.15) is 6.04 Å². The fourth-order valence-corrected chi connectivity index (χ4v) is 2.87. The predicted molar refractivity (Wildman–Crippen MR) is 62.8 cm³/mol. The monoisotopic (exact) mass is 254 g/mol. The molecule has 3 amide bonds. The van der Waals surface area contributed by atoms with Crippen molar-refractivity contribution in [2.24, 2.45) is 5.92 Å². The summed E-state index contributed by atoms with van der Waals surface area (Å²) in [5.41, 5.74) is 0. The topological polar surface area (TPSA) is 86.7 Å². The van der Waals surface area contributed by atoms with Crippen LogP contribution in [0.4, 0.5) is 4.79 Å². The van der Waals surface area contributed by atoms with Gasteiger partial charge in [-0.3, -0.25) is 4.79 Å². The van der Waals surface area contributed by atoms with Gasteiger partial charge in [-0.15, -0.1) is 0 Å². The van der Waals surface area contributed by atoms with Gasteiger partial charge in [-0.05, 0) is 19.3 Å². The first kappa shape index (κ1) is 12.9. The molecule has 2 aliphatic rings. The molecule has 3 atom stereocenters. The summed E-state index contributed by atoms with van der Waals surface area (Å²) < 4.78 is 0. The number of hydrogen-bond donors (Lipinski definition) is 2. The fraction of sp³-hybridized carbons (Fsp3) is 0.750. The van der Waals surface area contributed by atoms with Crippen molar-refractivity contribution in [2.75, 3.05) is 0 Å². The van der Waals surface area contributed by atoms with Crippen LogP contribution in [0.5, 0.6) is 0 Å². The number of carbonyl (C=O) groups excluding carboxylic acids is 2. The van der Waals surface area contributed by atoms with Gasteiger partial charge >= 0.3 is 12.0 Å². The van der Waals surface area contributed by atoms with Crippen LogP contribution in [0.2, 0.25) is 0 Å². The number of carboxylic acids is 1. The van der Waals surface area contributed by atoms with Crippen LogP contribution < -0.4 is 5.32 Å². The molecule has 2 N–H and O–H groups in total. The number of aliphatic carboxylic acids is 1. The van der Waals surface area contributed by atoms with Crippen molar-refractivity contribution in [2.45, 2.75) is 51.1 Å². The molecule has 0 bridgehead atoms. The maximum absolute atomic E-state index is 12.3. The lowest BCUT2D eigenvalue weighted by molar-refractivity contribution is -0.151. The van der Waals surface area contributed by atoms with Crippen molar-refractivity contribution >= 4 is 17.9 Å². The summed E-state index contributed by atoms with van der Waals surface area (Å²) in [4.78, 5) is 36.2. The van der Waals surface area contributed by atoms with Crippen LogP contribution in [-0.4, -0.2) is 40.0 Å². The molecule has 6 nitrogen and oxygen atoms in total. The van der Waals surface area contributed by atoms with Crippen molar-refractivity contribution in [3.8, 4) is 0 Å². The second-order valence-electron chi connectivity index (χ2n) is 4.92. The van der Waals surface area contributed by atoms with Gasteiger partial charge in [0.2, 0.25) is 5.91 Å². The van der Waals surface area contributed by atoms with E-state index in [9.17, 15) is 14.4 Å². The molecule has 0 aromatic rings. The highest BCUT2D eigenvalue weighted by Gasteiger charge is 2.45. The van der Waals surface area contributed by atoms with Crippen molar-refractivity contribution < 1.29 is 19.5 Å². The first-order valence-corrected chi connectivity index (χ1v) is 6.42. The summed E-state index contributed by atoms with van der Waals surface area (Å²) in [5.74, 6) is -1.70. The molecule has 3 unspecified atom stereocenters. The number of hydrogen-bond acceptors (Lipinski definition) is 3. The minimum absolute atomic E-state index is 0.110. The van der Waals surface area contributed by atoms with E-state index in [1.807, 2.05) is 0 Å². The smallest absolute Gasteiger partial charge is 0.326 e. The minimum Gasteiger partial charge on any atom is -0.480 e. The normalized spacial score (nSPS) is 29.5. The van der Waals surface area contributed by atoms with Crippen LogP contribution in [0.25, 0.3) is 0 Å². The van der Waals surface area contributed by atoms with E-state index < -0.39 is 18.0 Å². The van der Waals surface area contributed by atoms with E-state index in [0.29, 0.717) is 0 Å². The average molecular weight is 254 g/mol. The summed E-state index contributed by atoms with van der Waals surface area (Å²) in [6.45, 7) is 1.66. The molecular weight excluding hydrogens is 236 g/mol. The summed E-state index contributed by atoms with van der Waals surface area (Å²) in [6, 6.07) is -1.72. The molecule has 100 valence electrons. The van der Waals surface area contributed by atoms with Gasteiger partial charge < -0.3 is 10.4 Å². The molecule has 0 radical (unpaired) electrons. The standard InChI is InChI=1S/C12H18N2O4/c1-2-9(11(16)17)14-10(15)7-5-3-4-6-8(7)13-12(14)18/h7-9H,2-6H2,1H3,(H,13,18)(H,16,17). The van der Waals surface area contributed by atoms with E-state index in [1.165, 1.54) is 0 Å². The Hall–Kier alpha value is -1.59. The van der Waals surface area contributed by atoms with E-state index >= 15 is 0 Å². The Kier molecular flexibility index (Phi) is 3.54. The minimum atomic E-state index is -1.13. The molecule has 2 fully saturated rings. The SMILES string of the molecule is CCC(C(=O)O)N1C(=O)NC2CCCCC2C1=O. The quantitative estimate of drug-likeness (QED) is 0.785. The number of carbonyl (C=O) groups is 3. The van der Waals surface area contributed by atoms with Gasteiger partial charge in [-0.1, -0.05) is 19.8 Å². The van der Waals surface area contributed by atoms with E-state index in [1.54, 1.807) is 6.92 Å². The van der Waals surface area contributed by atoms with E-state index in [4.69, 9.17) is 5.11 Å². The van der Waals surface area contributed by atoms with Gasteiger partial charge in [-0.25, -0.2) is 14.5 Å². The molecule has 1 aliphatic heterocycles. The Morgan fingerprint density at radius 2 is 2.11 bits per heavy atom. The Bertz CT molecular complexity index is 382. The number of carboxylic acid groups (broad SMARTS) is 1. The van der Waals surface area contributed by atoms with Gasteiger partial charge in [0, 0.05) is 6.04 Å². The summed E-state index contributed by atoms with van der Waals surface area (Å²) >= 11 is 0. The second kappa shape index (κ2) is 4.96. The lowest BCUT2D eigenvalue weighted by Crippen LogP contribution is -2.64. The highest BCUT2D eigenvalue weighted by Crippen LogP contribution is 2.30. The Labute approximate surface area is 105 Å². The zero-order chi connectivity index (χ0) is 13.3. The Morgan fingerprint density at radius 3 is 2.72 bits per heavy atom. The number of nitrogens with one attached hydrogen (secondary N) is 1. The number of imide groups is 1. The molecule has 1 saturated carbocycles. The molecule has 1 aliphatic carbocycles. The molecule has 1 saturated heterocycles. The van der Waals surface area contributed by atoms with Crippen LogP contribution in [0.1, 0.15) is 39.0 Å². The molecule has 2 rings (SSSR count). The lowest BCUT2D eigenvalue weighted by atomic mass is 9.82. The summed E-state index contributed by atoms with van der Waals surface area (Å²) in [6.07, 6.45) is 3.73. The third-order valence-corrected chi connectivity index (χ3v) is 3.83. The Balaban J connectivity index is 2.22. The molecule has 0 aromatic heterocycles. The zero-order valence-electron chi connectivity index (χ0n) is 10.4. The van der Waals surface area contributed by atoms with Gasteiger partial charge in [0.15, 0.2) is 0 Å². The predicted octanol–water partition coefficient (Wildman–Crippen LogP) is 0.960. The van der Waals surface area contributed by atoms with Crippen LogP contribution in [0.15, 0.2) is 0 Å². The first-order chi connectivity index (χ1) is 8.56. The zero-order valence-corrected chi connectivity index (χ0v) is 10.4. The molecule has 6 heteroatoms. The third kappa shape index (κ3) is 2.07. The maximum atomic E-state index is 12.3. The number of amides is 3. The second-order valence-corrected chi connectivity index (χ2v) is 4.92. The van der Waals surface area contributed by atoms with Crippen LogP contribution in [0, 0.1) is 5.92 Å². The lowest BCUT2D eigenvalue weighted by Gasteiger charge is -2.41. The van der Waals surface area contributed by atoms with Crippen molar-refractivity contribution in [1.82, 2.24) is 10.2 Å². The van der Waals surface area contributed by atoms with Crippen LogP contribution in [0.3, 0.4) is 0 Å². The largest absolute Gasteiger partial charge is 0.480 e. The number of nitrogens with zero attached hydrogens (tertiary/aromatic N) is 1. The van der Waals surface area contributed by atoms with Crippen molar-refractivity contribution in [3.63, 3.8) is 0 Å². The van der Waals surface area contributed by atoms with Gasteiger partial charge in [0.05, 0.1) is 5.92 Å². The highest BCUT2D eigenvalue weighted by molar-refractivity contribution is 6.02. The van der Waals surface area contributed by atoms with Crippen LogP contribution >= 0.6 is 0 Å². The first-order valence-electron chi connectivity index (χ1n) is 6.42. The molecule has 0 aromatic carbocycles. The highest BCUT2D eigenvalue weighted by atomic mass is 16.4. The van der Waals surface area contributed by atoms with Gasteiger partial charge in [0.25, 0.3) is 0 Å². The molecule has 1 heterocycles. The Morgan fingerprint density at radius 1 is 1.44 bits per heavy atom. The third-order valence-electron chi connectivity index (χ3n) is 3.83. The van der Waals surface area contributed by atoms with Crippen molar-refractivity contribution in [3.05, 3.63) is 0 Å². The maximum Gasteiger partial charge on any atom is 0.326 e. The van der Waals surface area contributed by atoms with E-state index in [0.717, 1.165) is 30.6 Å². The molecule has 0 spiro atoms. The van der Waals surface area contributed by atoms with E-state index in [2.05, 4.69) is 5.32 Å². The molecule has 18 heavy (non-hydrogen) atoms. The summed E-state index contributed by atoms with van der Waals surface area (Å²) in [5, 5.41) is 11.9.